The van der Waals surface area contributed by atoms with Crippen molar-refractivity contribution in [2.45, 2.75) is 19.4 Å². The van der Waals surface area contributed by atoms with E-state index in [4.69, 9.17) is 14.5 Å². The van der Waals surface area contributed by atoms with Crippen molar-refractivity contribution >= 4 is 34.3 Å². The fourth-order valence-corrected chi connectivity index (χ4v) is 5.64. The van der Waals surface area contributed by atoms with Gasteiger partial charge < -0.3 is 34.1 Å². The SMILES string of the molecule is C=C/N=c1/cc(Oc2ccc(Nc3ncnc4cc5c(nc34)N3CCCN(C(=O)/C=C/CN(C)C)C(CO5)C3)cc2C)ccn1C. The van der Waals surface area contributed by atoms with Crippen molar-refractivity contribution in [3.05, 3.63) is 84.9 Å². The maximum absolute atomic E-state index is 13.1. The number of anilines is 3. The van der Waals surface area contributed by atoms with Crippen molar-refractivity contribution in [2.24, 2.45) is 12.0 Å². The summed E-state index contributed by atoms with van der Waals surface area (Å²) < 4.78 is 14.3. The lowest BCUT2D eigenvalue weighted by molar-refractivity contribution is -0.128. The number of likely N-dealkylation sites (N-methyl/N-ethyl adjacent to an activating group) is 1. The van der Waals surface area contributed by atoms with Gasteiger partial charge in [-0.25, -0.2) is 19.9 Å². The van der Waals surface area contributed by atoms with Gasteiger partial charge in [-0.05, 0) is 57.3 Å². The molecule has 0 radical (unpaired) electrons. The van der Waals surface area contributed by atoms with Crippen molar-refractivity contribution in [3.8, 4) is 17.2 Å². The molecule has 238 valence electrons. The molecule has 0 aliphatic carbocycles. The first-order chi connectivity index (χ1) is 22.3. The summed E-state index contributed by atoms with van der Waals surface area (Å²) in [5.41, 5.74) is 3.83. The van der Waals surface area contributed by atoms with Crippen LogP contribution in [0, 0.1) is 6.92 Å². The van der Waals surface area contributed by atoms with Crippen molar-refractivity contribution in [3.63, 3.8) is 0 Å². The molecule has 1 unspecified atom stereocenters. The largest absolute Gasteiger partial charge is 0.487 e. The minimum atomic E-state index is -0.0923. The molecule has 1 N–H and O–H groups in total. The Balaban J connectivity index is 1.23. The molecule has 0 spiro atoms. The summed E-state index contributed by atoms with van der Waals surface area (Å²) in [6, 6.07) is 11.5. The molecule has 2 bridgehead atoms. The van der Waals surface area contributed by atoms with E-state index in [9.17, 15) is 4.79 Å². The zero-order valence-electron chi connectivity index (χ0n) is 26.7. The van der Waals surface area contributed by atoms with Crippen LogP contribution in [0.25, 0.3) is 11.0 Å². The molecule has 1 saturated heterocycles. The summed E-state index contributed by atoms with van der Waals surface area (Å²) in [4.78, 5) is 37.6. The lowest BCUT2D eigenvalue weighted by atomic mass is 10.2. The Kier molecular flexibility index (Phi) is 8.97. The van der Waals surface area contributed by atoms with Crippen molar-refractivity contribution < 1.29 is 14.3 Å². The van der Waals surface area contributed by atoms with Crippen LogP contribution in [-0.2, 0) is 11.8 Å². The van der Waals surface area contributed by atoms with E-state index in [2.05, 4.69) is 31.8 Å². The average Bonchev–Trinajstić information content (AvgIpc) is 3.35. The third-order valence-electron chi connectivity index (χ3n) is 7.98. The van der Waals surface area contributed by atoms with Gasteiger partial charge in [0.05, 0.1) is 11.6 Å². The maximum atomic E-state index is 13.1. The van der Waals surface area contributed by atoms with Gasteiger partial charge in [-0.3, -0.25) is 4.79 Å². The molecule has 46 heavy (non-hydrogen) atoms. The first-order valence-electron chi connectivity index (χ1n) is 15.3. The second kappa shape index (κ2) is 13.4. The summed E-state index contributed by atoms with van der Waals surface area (Å²) in [6.07, 6.45) is 9.33. The van der Waals surface area contributed by atoms with Crippen LogP contribution in [0.3, 0.4) is 0 Å². The van der Waals surface area contributed by atoms with Gasteiger partial charge in [0.15, 0.2) is 17.4 Å². The predicted molar refractivity (Wildman–Crippen MR) is 179 cm³/mol. The molecule has 1 aromatic carbocycles. The highest BCUT2D eigenvalue weighted by molar-refractivity contribution is 5.90. The number of nitrogens with one attached hydrogen (secondary N) is 1. The van der Waals surface area contributed by atoms with Crippen LogP contribution in [0.2, 0.25) is 0 Å². The Morgan fingerprint density at radius 1 is 1.22 bits per heavy atom. The van der Waals surface area contributed by atoms with Gasteiger partial charge in [0.1, 0.15) is 35.4 Å². The molecule has 12 heteroatoms. The minimum absolute atomic E-state index is 0.0104. The zero-order chi connectivity index (χ0) is 32.2. The van der Waals surface area contributed by atoms with E-state index in [1.807, 2.05) is 91.1 Å². The molecule has 3 aromatic heterocycles. The van der Waals surface area contributed by atoms with Gasteiger partial charge in [0.25, 0.3) is 0 Å². The van der Waals surface area contributed by atoms with Gasteiger partial charge in [0.2, 0.25) is 5.91 Å². The number of aryl methyl sites for hydroxylation is 2. The zero-order valence-corrected chi connectivity index (χ0v) is 26.7. The molecule has 6 rings (SSSR count). The average molecular weight is 622 g/mol. The molecule has 2 aliphatic rings. The Morgan fingerprint density at radius 3 is 2.89 bits per heavy atom. The topological polar surface area (TPSA) is 113 Å². The highest BCUT2D eigenvalue weighted by Crippen LogP contribution is 2.36. The summed E-state index contributed by atoms with van der Waals surface area (Å²) in [6.45, 7) is 8.85. The van der Waals surface area contributed by atoms with Gasteiger partial charge in [-0.2, -0.15) is 0 Å². The first kappa shape index (κ1) is 30.8. The summed E-state index contributed by atoms with van der Waals surface area (Å²) in [5.74, 6) is 3.41. The van der Waals surface area contributed by atoms with Gasteiger partial charge >= 0.3 is 0 Å². The summed E-state index contributed by atoms with van der Waals surface area (Å²) in [5, 5.41) is 3.43. The molecule has 1 atom stereocenters. The van der Waals surface area contributed by atoms with Gasteiger partial charge in [0, 0.05) is 69.5 Å². The molecular formula is C34H39N9O3. The molecule has 1 fully saturated rings. The van der Waals surface area contributed by atoms with E-state index in [-0.39, 0.29) is 11.9 Å². The standard InChI is InChI=1S/C34H39N9O3/c1-6-35-30-18-26(12-16-41(30)5)46-28-11-10-24(17-23(28)2)38-33-32-27(36-22-37-33)19-29-34(39-32)42-14-8-15-43(25(20-42)21-45-29)31(44)9-7-13-40(3)4/h6-7,9-12,16-19,22,25H,1,8,13-15,20-21H2,2-5H3,(H,36,37,38)/b9-7+,35-30-. The lowest BCUT2D eigenvalue weighted by Crippen LogP contribution is -2.46. The lowest BCUT2D eigenvalue weighted by Gasteiger charge is -2.28. The fraction of sp³-hybridized carbons (Fsp3) is 0.324. The minimum Gasteiger partial charge on any atom is -0.487 e. The number of rotatable bonds is 8. The molecule has 4 aromatic rings. The van der Waals surface area contributed by atoms with Crippen molar-refractivity contribution in [1.82, 2.24) is 29.3 Å². The number of aromatic nitrogens is 4. The van der Waals surface area contributed by atoms with E-state index in [0.29, 0.717) is 54.6 Å². The van der Waals surface area contributed by atoms with E-state index in [1.54, 1.807) is 6.08 Å². The van der Waals surface area contributed by atoms with Crippen molar-refractivity contribution in [2.75, 3.05) is 57.1 Å². The quantitative estimate of drug-likeness (QED) is 0.290. The molecule has 5 heterocycles. The van der Waals surface area contributed by atoms with E-state index in [1.165, 1.54) is 12.5 Å². The van der Waals surface area contributed by atoms with Crippen LogP contribution in [-0.4, -0.2) is 88.1 Å². The molecule has 1 amide bonds. The summed E-state index contributed by atoms with van der Waals surface area (Å²) in [7, 11) is 5.88. The number of hydrogen-bond donors (Lipinski definition) is 1. The first-order valence-corrected chi connectivity index (χ1v) is 15.3. The van der Waals surface area contributed by atoms with Crippen LogP contribution in [0.4, 0.5) is 17.3 Å². The third kappa shape index (κ3) is 6.71. The number of benzene rings is 1. The highest BCUT2D eigenvalue weighted by atomic mass is 16.5. The normalized spacial score (nSPS) is 16.6. The monoisotopic (exact) mass is 621 g/mol. The van der Waals surface area contributed by atoms with Crippen LogP contribution < -0.4 is 25.2 Å². The van der Waals surface area contributed by atoms with Gasteiger partial charge in [-0.15, -0.1) is 0 Å². The molecular weight excluding hydrogens is 582 g/mol. The van der Waals surface area contributed by atoms with E-state index >= 15 is 0 Å². The van der Waals surface area contributed by atoms with E-state index in [0.717, 1.165) is 41.3 Å². The second-order valence-corrected chi connectivity index (χ2v) is 11.7. The number of hydrogen-bond acceptors (Lipinski definition) is 10. The highest BCUT2D eigenvalue weighted by Gasteiger charge is 2.33. The van der Waals surface area contributed by atoms with Gasteiger partial charge in [-0.1, -0.05) is 12.7 Å². The van der Waals surface area contributed by atoms with Crippen molar-refractivity contribution in [1.29, 1.82) is 0 Å². The predicted octanol–water partition coefficient (Wildman–Crippen LogP) is 4.17. The number of fused-ring (bicyclic) bond motifs is 5. The third-order valence-corrected chi connectivity index (χ3v) is 7.98. The Labute approximate surface area is 268 Å². The Bertz CT molecular complexity index is 1870. The van der Waals surface area contributed by atoms with Crippen LogP contribution in [0.15, 0.2) is 78.8 Å². The maximum Gasteiger partial charge on any atom is 0.246 e. The smallest absolute Gasteiger partial charge is 0.246 e. The van der Waals surface area contributed by atoms with Crippen LogP contribution in [0.1, 0.15) is 12.0 Å². The summed E-state index contributed by atoms with van der Waals surface area (Å²) >= 11 is 0. The number of ether oxygens (including phenoxy) is 2. The number of pyridine rings is 2. The second-order valence-electron chi connectivity index (χ2n) is 11.7. The fourth-order valence-electron chi connectivity index (χ4n) is 5.64. The molecule has 2 aliphatic heterocycles. The van der Waals surface area contributed by atoms with Crippen LogP contribution >= 0.6 is 0 Å². The molecule has 12 nitrogen and oxygen atoms in total. The Hall–Kier alpha value is -5.23. The number of carbonyl (C=O) groups excluding carboxylic acids is 1. The number of nitrogens with zero attached hydrogens (tertiary/aromatic N) is 8. The molecule has 0 saturated carbocycles. The Morgan fingerprint density at radius 2 is 2.09 bits per heavy atom. The number of amides is 1. The van der Waals surface area contributed by atoms with E-state index < -0.39 is 0 Å². The number of carbonyl (C=O) groups is 1. The van der Waals surface area contributed by atoms with Crippen LogP contribution in [0.5, 0.6) is 17.2 Å².